The Morgan fingerprint density at radius 2 is 1.22 bits per heavy atom. The molecule has 23 heavy (non-hydrogen) atoms. The number of hydrogen-bond acceptors (Lipinski definition) is 3. The smallest absolute Gasteiger partial charge is 0.147 e. The van der Waals surface area contributed by atoms with E-state index in [1.54, 1.807) is 14.2 Å². The van der Waals surface area contributed by atoms with Crippen LogP contribution in [0.4, 0.5) is 0 Å². The van der Waals surface area contributed by atoms with Gasteiger partial charge in [-0.2, -0.15) is 0 Å². The number of ketones is 1. The predicted octanol–water partition coefficient (Wildman–Crippen LogP) is 4.38. The number of hydrogen-bond donors (Lipinski definition) is 0. The molecule has 0 N–H and O–H groups in total. The fourth-order valence-electron chi connectivity index (χ4n) is 3.15. The normalized spacial score (nSPS) is 11.1. The van der Waals surface area contributed by atoms with Crippen molar-refractivity contribution in [3.63, 3.8) is 0 Å². The molecule has 0 saturated heterocycles. The maximum atomic E-state index is 12.9. The van der Waals surface area contributed by atoms with Crippen LogP contribution in [0.3, 0.4) is 0 Å². The number of carbonyl (C=O) groups excluding carboxylic acids is 1. The molecule has 0 aliphatic carbocycles. The van der Waals surface area contributed by atoms with Crippen LogP contribution in [-0.2, 0) is 10.2 Å². The molecule has 0 aromatic heterocycles. The Hall–Kier alpha value is -2.29. The third-order valence-electron chi connectivity index (χ3n) is 4.49. The molecule has 2 rings (SSSR count). The van der Waals surface area contributed by atoms with E-state index in [1.165, 1.54) is 0 Å². The van der Waals surface area contributed by atoms with Gasteiger partial charge in [-0.15, -0.1) is 0 Å². The van der Waals surface area contributed by atoms with Crippen LogP contribution in [0.25, 0.3) is 0 Å². The van der Waals surface area contributed by atoms with Gasteiger partial charge in [0.15, 0.2) is 0 Å². The fourth-order valence-corrected chi connectivity index (χ4v) is 3.15. The Bertz CT molecular complexity index is 594. The summed E-state index contributed by atoms with van der Waals surface area (Å²) in [4.78, 5) is 12.9. The zero-order valence-electron chi connectivity index (χ0n) is 14.3. The summed E-state index contributed by atoms with van der Waals surface area (Å²) in [6, 6.07) is 15.6. The minimum absolute atomic E-state index is 0.218. The van der Waals surface area contributed by atoms with Gasteiger partial charge in [-0.05, 0) is 41.8 Å². The molecule has 0 unspecified atom stereocenters. The summed E-state index contributed by atoms with van der Waals surface area (Å²) in [5.41, 5.74) is 1.36. The molecule has 0 saturated carbocycles. The number of benzene rings is 2. The van der Waals surface area contributed by atoms with Crippen molar-refractivity contribution in [1.29, 1.82) is 0 Å². The number of rotatable bonds is 7. The summed E-state index contributed by atoms with van der Waals surface area (Å²) in [6.45, 7) is 3.97. The van der Waals surface area contributed by atoms with Crippen molar-refractivity contribution in [2.75, 3.05) is 14.2 Å². The number of carbonyl (C=O) groups is 1. The first kappa shape index (κ1) is 17.1. The molecule has 0 bridgehead atoms. The fraction of sp³-hybridized carbons (Fsp3) is 0.350. The predicted molar refractivity (Wildman–Crippen MR) is 92.4 cm³/mol. The second-order valence-corrected chi connectivity index (χ2v) is 5.49. The van der Waals surface area contributed by atoms with Gasteiger partial charge in [0.25, 0.3) is 0 Å². The third kappa shape index (κ3) is 3.09. The molecule has 122 valence electrons. The molecule has 2 aromatic carbocycles. The van der Waals surface area contributed by atoms with Crippen LogP contribution in [0.5, 0.6) is 11.5 Å². The van der Waals surface area contributed by atoms with Crippen LogP contribution >= 0.6 is 0 Å². The molecule has 0 aliphatic heterocycles. The van der Waals surface area contributed by atoms with Gasteiger partial charge in [-0.3, -0.25) is 4.79 Å². The Morgan fingerprint density at radius 1 is 0.826 bits per heavy atom. The van der Waals surface area contributed by atoms with Gasteiger partial charge >= 0.3 is 0 Å². The van der Waals surface area contributed by atoms with Gasteiger partial charge in [0.1, 0.15) is 17.3 Å². The first-order valence-corrected chi connectivity index (χ1v) is 7.94. The summed E-state index contributed by atoms with van der Waals surface area (Å²) < 4.78 is 10.5. The highest BCUT2D eigenvalue weighted by molar-refractivity contribution is 5.93. The molecule has 2 aromatic rings. The van der Waals surface area contributed by atoms with E-state index in [0.717, 1.165) is 22.6 Å². The molecule has 0 radical (unpaired) electrons. The highest BCUT2D eigenvalue weighted by Crippen LogP contribution is 2.39. The second-order valence-electron chi connectivity index (χ2n) is 5.49. The van der Waals surface area contributed by atoms with Crippen molar-refractivity contribution in [2.24, 2.45) is 0 Å². The standard InChI is InChI=1S/C20H24O3/c1-5-19(21)20(6-2,15-7-11-17(22-3)12-8-15)16-9-13-18(23-4)14-10-16/h7-14H,5-6H2,1-4H3. The van der Waals surface area contributed by atoms with Crippen LogP contribution in [-0.4, -0.2) is 20.0 Å². The zero-order valence-corrected chi connectivity index (χ0v) is 14.3. The van der Waals surface area contributed by atoms with E-state index in [0.29, 0.717) is 12.8 Å². The molecule has 0 fully saturated rings. The average Bonchev–Trinajstić information content (AvgIpc) is 2.63. The van der Waals surface area contributed by atoms with Crippen LogP contribution in [0, 0.1) is 0 Å². The molecule has 0 aliphatic rings. The molecular weight excluding hydrogens is 288 g/mol. The Balaban J connectivity index is 2.60. The molecule has 0 heterocycles. The van der Waals surface area contributed by atoms with E-state index in [1.807, 2.05) is 55.5 Å². The highest BCUT2D eigenvalue weighted by atomic mass is 16.5. The van der Waals surface area contributed by atoms with Gasteiger partial charge in [0, 0.05) is 6.42 Å². The SMILES string of the molecule is CCC(=O)C(CC)(c1ccc(OC)cc1)c1ccc(OC)cc1. The average molecular weight is 312 g/mol. The van der Waals surface area contributed by atoms with Crippen molar-refractivity contribution < 1.29 is 14.3 Å². The number of ether oxygens (including phenoxy) is 2. The van der Waals surface area contributed by atoms with Gasteiger partial charge in [0.05, 0.1) is 19.6 Å². The van der Waals surface area contributed by atoms with E-state index < -0.39 is 5.41 Å². The van der Waals surface area contributed by atoms with Crippen LogP contribution in [0.15, 0.2) is 48.5 Å². The van der Waals surface area contributed by atoms with Gasteiger partial charge < -0.3 is 9.47 Å². The van der Waals surface area contributed by atoms with Crippen molar-refractivity contribution in [1.82, 2.24) is 0 Å². The van der Waals surface area contributed by atoms with Crippen molar-refractivity contribution in [3.05, 3.63) is 59.7 Å². The lowest BCUT2D eigenvalue weighted by Crippen LogP contribution is -2.36. The van der Waals surface area contributed by atoms with Gasteiger partial charge in [-0.25, -0.2) is 0 Å². The Kier molecular flexibility index (Phi) is 5.43. The molecule has 0 spiro atoms. The molecular formula is C20H24O3. The van der Waals surface area contributed by atoms with E-state index in [2.05, 4.69) is 6.92 Å². The number of Topliss-reactive ketones (excluding diaryl/α,β-unsaturated/α-hetero) is 1. The van der Waals surface area contributed by atoms with E-state index in [4.69, 9.17) is 9.47 Å². The van der Waals surface area contributed by atoms with Gasteiger partial charge in [-0.1, -0.05) is 38.1 Å². The largest absolute Gasteiger partial charge is 0.497 e. The summed E-state index contributed by atoms with van der Waals surface area (Å²) in [7, 11) is 3.28. The third-order valence-corrected chi connectivity index (χ3v) is 4.49. The topological polar surface area (TPSA) is 35.5 Å². The van der Waals surface area contributed by atoms with Crippen LogP contribution in [0.1, 0.15) is 37.8 Å². The minimum atomic E-state index is -0.632. The Morgan fingerprint density at radius 3 is 1.48 bits per heavy atom. The first-order valence-electron chi connectivity index (χ1n) is 7.94. The quantitative estimate of drug-likeness (QED) is 0.761. The Labute approximate surface area is 138 Å². The van der Waals surface area contributed by atoms with Crippen molar-refractivity contribution in [3.8, 4) is 11.5 Å². The lowest BCUT2D eigenvalue weighted by atomic mass is 9.68. The number of methoxy groups -OCH3 is 2. The van der Waals surface area contributed by atoms with E-state index in [-0.39, 0.29) is 5.78 Å². The lowest BCUT2D eigenvalue weighted by molar-refractivity contribution is -0.123. The zero-order chi connectivity index (χ0) is 16.9. The molecule has 3 nitrogen and oxygen atoms in total. The second kappa shape index (κ2) is 7.32. The van der Waals surface area contributed by atoms with Crippen LogP contribution < -0.4 is 9.47 Å². The first-order chi connectivity index (χ1) is 11.1. The van der Waals surface area contributed by atoms with Gasteiger partial charge in [0.2, 0.25) is 0 Å². The molecule has 0 amide bonds. The lowest BCUT2D eigenvalue weighted by Gasteiger charge is -2.32. The maximum Gasteiger partial charge on any atom is 0.147 e. The summed E-state index contributed by atoms with van der Waals surface area (Å²) >= 11 is 0. The minimum Gasteiger partial charge on any atom is -0.497 e. The van der Waals surface area contributed by atoms with Crippen molar-refractivity contribution in [2.45, 2.75) is 32.1 Å². The maximum absolute atomic E-state index is 12.9. The summed E-state index contributed by atoms with van der Waals surface area (Å²) in [5, 5.41) is 0. The molecule has 3 heteroatoms. The highest BCUT2D eigenvalue weighted by Gasteiger charge is 2.38. The summed E-state index contributed by atoms with van der Waals surface area (Å²) in [5.74, 6) is 1.80. The van der Waals surface area contributed by atoms with Crippen LogP contribution in [0.2, 0.25) is 0 Å². The monoisotopic (exact) mass is 312 g/mol. The van der Waals surface area contributed by atoms with E-state index in [9.17, 15) is 4.79 Å². The van der Waals surface area contributed by atoms with E-state index >= 15 is 0 Å². The summed E-state index contributed by atoms with van der Waals surface area (Å²) in [6.07, 6.45) is 1.20. The molecule has 0 atom stereocenters. The van der Waals surface area contributed by atoms with Crippen molar-refractivity contribution >= 4 is 5.78 Å².